The average Bonchev–Trinajstić information content (AvgIpc) is 1.87. The van der Waals surface area contributed by atoms with Gasteiger partial charge in [-0.25, -0.2) is 0 Å². The topological polar surface area (TPSA) is 23.5 Å². The van der Waals surface area contributed by atoms with Crippen molar-refractivity contribution in [3.05, 3.63) is 12.2 Å². The highest BCUT2D eigenvalue weighted by molar-refractivity contribution is 5.15. The molecule has 0 unspecified atom stereocenters. The van der Waals surface area contributed by atoms with Gasteiger partial charge in [0.2, 0.25) is 0 Å². The third kappa shape index (κ3) is 7.22. The van der Waals surface area contributed by atoms with Crippen molar-refractivity contribution in [2.24, 2.45) is 0 Å². The maximum absolute atomic E-state index is 8.31. The fraction of sp³-hybridized carbons (Fsp3) is 0.500. The maximum Gasteiger partial charge on any atom is 0.0621 e. The molecule has 0 amide bonds. The van der Waals surface area contributed by atoms with Crippen LogP contribution in [-0.2, 0) is 0 Å². The van der Waals surface area contributed by atoms with Gasteiger partial charge in [-0.1, -0.05) is 17.9 Å². The van der Waals surface area contributed by atoms with E-state index in [2.05, 4.69) is 11.8 Å². The van der Waals surface area contributed by atoms with Crippen molar-refractivity contribution in [1.29, 1.82) is 0 Å². The van der Waals surface area contributed by atoms with Gasteiger partial charge < -0.3 is 5.11 Å². The first-order valence-electron chi connectivity index (χ1n) is 3.16. The lowest BCUT2D eigenvalue weighted by molar-refractivity contribution is 0.343. The molecule has 0 heterocycles. The monoisotopic (exact) mass is 139 g/mol. The zero-order valence-corrected chi connectivity index (χ0v) is 6.46. The Kier molecular flexibility index (Phi) is 5.85. The number of nitrogens with zero attached hydrogens (tertiary/aromatic N) is 1. The second-order valence-corrected chi connectivity index (χ2v) is 2.14. The molecule has 0 saturated heterocycles. The summed E-state index contributed by atoms with van der Waals surface area (Å²) in [6.07, 6.45) is 3.27. The standard InChI is InChI=1S/C8H13NO/c1-9(2)7-5-3-4-6-8-10/h4,6,10H,7-8H2,1-2H3/b6-4+. The molecule has 0 fully saturated rings. The minimum absolute atomic E-state index is 0.0661. The SMILES string of the molecule is CN(C)CC#C/C=C/CO. The van der Waals surface area contributed by atoms with E-state index in [-0.39, 0.29) is 6.61 Å². The molecule has 0 aliphatic heterocycles. The molecule has 0 rings (SSSR count). The first-order chi connectivity index (χ1) is 4.77. The lowest BCUT2D eigenvalue weighted by Crippen LogP contribution is -2.10. The van der Waals surface area contributed by atoms with E-state index in [9.17, 15) is 0 Å². The average molecular weight is 139 g/mol. The highest BCUT2D eigenvalue weighted by Crippen LogP contribution is 1.70. The van der Waals surface area contributed by atoms with E-state index in [0.717, 1.165) is 6.54 Å². The van der Waals surface area contributed by atoms with Gasteiger partial charge in [-0.2, -0.15) is 0 Å². The maximum atomic E-state index is 8.31. The van der Waals surface area contributed by atoms with E-state index in [0.29, 0.717) is 0 Å². The molecular weight excluding hydrogens is 126 g/mol. The van der Waals surface area contributed by atoms with Gasteiger partial charge in [-0.3, -0.25) is 4.90 Å². The van der Waals surface area contributed by atoms with Crippen molar-refractivity contribution in [2.75, 3.05) is 27.2 Å². The van der Waals surface area contributed by atoms with Crippen molar-refractivity contribution in [2.45, 2.75) is 0 Å². The number of aliphatic hydroxyl groups excluding tert-OH is 1. The zero-order chi connectivity index (χ0) is 7.82. The molecule has 0 spiro atoms. The predicted molar refractivity (Wildman–Crippen MR) is 42.6 cm³/mol. The van der Waals surface area contributed by atoms with Crippen LogP contribution < -0.4 is 0 Å². The molecule has 56 valence electrons. The minimum Gasteiger partial charge on any atom is -0.392 e. The Balaban J connectivity index is 3.40. The Morgan fingerprint density at radius 1 is 1.50 bits per heavy atom. The largest absolute Gasteiger partial charge is 0.392 e. The Morgan fingerprint density at radius 3 is 2.70 bits per heavy atom. The Morgan fingerprint density at radius 2 is 2.20 bits per heavy atom. The van der Waals surface area contributed by atoms with Gasteiger partial charge >= 0.3 is 0 Å². The Labute approximate surface area is 62.2 Å². The van der Waals surface area contributed by atoms with Crippen LogP contribution in [0.15, 0.2) is 12.2 Å². The molecule has 0 aliphatic carbocycles. The normalized spacial score (nSPS) is 10.0. The van der Waals surface area contributed by atoms with Crippen LogP contribution in [0.25, 0.3) is 0 Å². The summed E-state index contributed by atoms with van der Waals surface area (Å²) in [5.74, 6) is 5.68. The van der Waals surface area contributed by atoms with Gasteiger partial charge in [-0.15, -0.1) is 0 Å². The van der Waals surface area contributed by atoms with Crippen LogP contribution in [0.4, 0.5) is 0 Å². The van der Waals surface area contributed by atoms with E-state index < -0.39 is 0 Å². The summed E-state index contributed by atoms with van der Waals surface area (Å²) in [7, 11) is 3.93. The molecule has 0 bridgehead atoms. The molecule has 1 N–H and O–H groups in total. The van der Waals surface area contributed by atoms with E-state index in [4.69, 9.17) is 5.11 Å². The van der Waals surface area contributed by atoms with E-state index in [1.807, 2.05) is 19.0 Å². The summed E-state index contributed by atoms with van der Waals surface area (Å²) in [4.78, 5) is 1.99. The summed E-state index contributed by atoms with van der Waals surface area (Å²) < 4.78 is 0. The molecule has 0 aromatic rings. The van der Waals surface area contributed by atoms with Gasteiger partial charge in [0.25, 0.3) is 0 Å². The van der Waals surface area contributed by atoms with Crippen LogP contribution in [0.1, 0.15) is 0 Å². The fourth-order valence-corrected chi connectivity index (χ4v) is 0.374. The lowest BCUT2D eigenvalue weighted by atomic mass is 10.5. The number of aliphatic hydroxyl groups is 1. The summed E-state index contributed by atoms with van der Waals surface area (Å²) in [5.41, 5.74) is 0. The summed E-state index contributed by atoms with van der Waals surface area (Å²) in [6, 6.07) is 0. The van der Waals surface area contributed by atoms with Crippen molar-refractivity contribution >= 4 is 0 Å². The molecule has 2 nitrogen and oxygen atoms in total. The van der Waals surface area contributed by atoms with Gasteiger partial charge in [0.05, 0.1) is 13.2 Å². The highest BCUT2D eigenvalue weighted by Gasteiger charge is 1.77. The Hall–Kier alpha value is -0.780. The summed E-state index contributed by atoms with van der Waals surface area (Å²) in [6.45, 7) is 0.826. The predicted octanol–water partition coefficient (Wildman–Crippen LogP) is 0.0999. The second-order valence-electron chi connectivity index (χ2n) is 2.14. The number of hydrogen-bond donors (Lipinski definition) is 1. The highest BCUT2D eigenvalue weighted by atomic mass is 16.2. The molecule has 0 radical (unpaired) electrons. The fourth-order valence-electron chi connectivity index (χ4n) is 0.374. The molecule has 0 aromatic heterocycles. The zero-order valence-electron chi connectivity index (χ0n) is 6.46. The molecule has 2 heteroatoms. The molecular formula is C8H13NO. The van der Waals surface area contributed by atoms with Crippen molar-refractivity contribution < 1.29 is 5.11 Å². The van der Waals surface area contributed by atoms with Crippen LogP contribution in [-0.4, -0.2) is 37.3 Å². The van der Waals surface area contributed by atoms with Gasteiger partial charge in [-0.05, 0) is 20.2 Å². The smallest absolute Gasteiger partial charge is 0.0621 e. The van der Waals surface area contributed by atoms with Gasteiger partial charge in [0.1, 0.15) is 0 Å². The van der Waals surface area contributed by atoms with Crippen LogP contribution in [0.5, 0.6) is 0 Å². The van der Waals surface area contributed by atoms with Crippen molar-refractivity contribution in [3.63, 3.8) is 0 Å². The van der Waals surface area contributed by atoms with Crippen LogP contribution in [0.2, 0.25) is 0 Å². The van der Waals surface area contributed by atoms with Crippen molar-refractivity contribution in [1.82, 2.24) is 4.90 Å². The quantitative estimate of drug-likeness (QED) is 0.548. The van der Waals surface area contributed by atoms with Gasteiger partial charge in [0, 0.05) is 0 Å². The van der Waals surface area contributed by atoms with Crippen LogP contribution in [0.3, 0.4) is 0 Å². The third-order valence-electron chi connectivity index (χ3n) is 0.804. The second kappa shape index (κ2) is 6.34. The molecule has 10 heavy (non-hydrogen) atoms. The van der Waals surface area contributed by atoms with E-state index >= 15 is 0 Å². The molecule has 0 saturated carbocycles. The summed E-state index contributed by atoms with van der Waals surface area (Å²) >= 11 is 0. The summed E-state index contributed by atoms with van der Waals surface area (Å²) in [5, 5.41) is 8.31. The third-order valence-corrected chi connectivity index (χ3v) is 0.804. The van der Waals surface area contributed by atoms with E-state index in [1.54, 1.807) is 12.2 Å². The number of hydrogen-bond acceptors (Lipinski definition) is 2. The minimum atomic E-state index is 0.0661. The van der Waals surface area contributed by atoms with Gasteiger partial charge in [0.15, 0.2) is 0 Å². The first kappa shape index (κ1) is 9.22. The molecule has 0 aromatic carbocycles. The van der Waals surface area contributed by atoms with Crippen LogP contribution in [0, 0.1) is 11.8 Å². The van der Waals surface area contributed by atoms with E-state index in [1.165, 1.54) is 0 Å². The lowest BCUT2D eigenvalue weighted by Gasteiger charge is -1.99. The molecule has 0 aliphatic rings. The van der Waals surface area contributed by atoms with Crippen LogP contribution >= 0.6 is 0 Å². The van der Waals surface area contributed by atoms with Crippen molar-refractivity contribution in [3.8, 4) is 11.8 Å². The first-order valence-corrected chi connectivity index (χ1v) is 3.16. The molecule has 0 atom stereocenters. The number of rotatable bonds is 2. The Bertz CT molecular complexity index is 150. The number of allylic oxidation sites excluding steroid dienone is 1.